The molecular formula is C29H32F3N3O4. The van der Waals surface area contributed by atoms with E-state index in [0.29, 0.717) is 17.8 Å². The molecule has 39 heavy (non-hydrogen) atoms. The van der Waals surface area contributed by atoms with E-state index in [-0.39, 0.29) is 17.9 Å². The summed E-state index contributed by atoms with van der Waals surface area (Å²) in [5.74, 6) is -2.94. The van der Waals surface area contributed by atoms with Crippen LogP contribution in [-0.2, 0) is 9.59 Å². The van der Waals surface area contributed by atoms with Gasteiger partial charge >= 0.3 is 12.1 Å². The van der Waals surface area contributed by atoms with Gasteiger partial charge < -0.3 is 15.7 Å². The number of carboxylic acid groups (broad SMARTS) is 1. The minimum atomic E-state index is -5.08. The second kappa shape index (κ2) is 13.2. The second-order valence-electron chi connectivity index (χ2n) is 9.48. The van der Waals surface area contributed by atoms with E-state index >= 15 is 0 Å². The number of likely N-dealkylation sites (tertiary alicyclic amines) is 1. The molecule has 1 aliphatic rings. The van der Waals surface area contributed by atoms with Crippen molar-refractivity contribution in [1.29, 1.82) is 0 Å². The van der Waals surface area contributed by atoms with Crippen LogP contribution in [0.4, 0.5) is 18.9 Å². The monoisotopic (exact) mass is 543 g/mol. The highest BCUT2D eigenvalue weighted by molar-refractivity contribution is 5.99. The van der Waals surface area contributed by atoms with Crippen LogP contribution in [0.1, 0.15) is 53.7 Å². The van der Waals surface area contributed by atoms with Gasteiger partial charge in [0.05, 0.1) is 12.6 Å². The number of rotatable bonds is 6. The van der Waals surface area contributed by atoms with Gasteiger partial charge in [0.25, 0.3) is 5.91 Å². The lowest BCUT2D eigenvalue weighted by Gasteiger charge is -2.25. The lowest BCUT2D eigenvalue weighted by Crippen LogP contribution is -2.36. The molecule has 4 rings (SSSR count). The van der Waals surface area contributed by atoms with Crippen LogP contribution >= 0.6 is 0 Å². The summed E-state index contributed by atoms with van der Waals surface area (Å²) in [6, 6.07) is 19.7. The Morgan fingerprint density at radius 1 is 0.974 bits per heavy atom. The number of fused-ring (bicyclic) bond motifs is 1. The molecule has 0 aliphatic carbocycles. The molecule has 1 atom stereocenters. The van der Waals surface area contributed by atoms with E-state index in [1.807, 2.05) is 44.2 Å². The van der Waals surface area contributed by atoms with Crippen LogP contribution in [0.25, 0.3) is 10.8 Å². The number of hydrogen-bond acceptors (Lipinski definition) is 4. The quantitative estimate of drug-likeness (QED) is 0.371. The number of halogens is 3. The summed E-state index contributed by atoms with van der Waals surface area (Å²) in [5.41, 5.74) is 3.19. The van der Waals surface area contributed by atoms with E-state index in [2.05, 4.69) is 39.8 Å². The number of piperidine rings is 1. The van der Waals surface area contributed by atoms with E-state index in [0.717, 1.165) is 47.8 Å². The maximum absolute atomic E-state index is 13.1. The van der Waals surface area contributed by atoms with Crippen LogP contribution in [0.15, 0.2) is 60.7 Å². The number of benzene rings is 3. The molecule has 0 bridgehead atoms. The Labute approximate surface area is 225 Å². The molecule has 0 radical (unpaired) electrons. The molecular weight excluding hydrogens is 511 g/mol. The Balaban J connectivity index is 0.000000532. The second-order valence-corrected chi connectivity index (χ2v) is 9.48. The van der Waals surface area contributed by atoms with Gasteiger partial charge in [-0.25, -0.2) is 4.79 Å². The third-order valence-corrected chi connectivity index (χ3v) is 6.46. The number of carbonyl (C=O) groups excluding carboxylic acids is 2. The molecule has 2 amide bonds. The van der Waals surface area contributed by atoms with Gasteiger partial charge in [-0.2, -0.15) is 13.2 Å². The van der Waals surface area contributed by atoms with E-state index in [4.69, 9.17) is 9.90 Å². The normalized spacial score (nSPS) is 14.6. The van der Waals surface area contributed by atoms with Gasteiger partial charge in [-0.1, -0.05) is 55.0 Å². The average molecular weight is 544 g/mol. The number of carbonyl (C=O) groups is 3. The van der Waals surface area contributed by atoms with Gasteiger partial charge in [0, 0.05) is 11.3 Å². The number of alkyl halides is 3. The van der Waals surface area contributed by atoms with Crippen molar-refractivity contribution in [1.82, 2.24) is 10.2 Å². The number of nitrogens with one attached hydrogen (secondary N) is 2. The van der Waals surface area contributed by atoms with Crippen LogP contribution in [-0.4, -0.2) is 53.6 Å². The summed E-state index contributed by atoms with van der Waals surface area (Å²) in [4.78, 5) is 36.7. The zero-order chi connectivity index (χ0) is 28.6. The predicted octanol–water partition coefficient (Wildman–Crippen LogP) is 5.70. The molecule has 208 valence electrons. The number of nitrogens with zero attached hydrogens (tertiary/aromatic N) is 1. The first-order chi connectivity index (χ1) is 18.5. The summed E-state index contributed by atoms with van der Waals surface area (Å²) >= 11 is 0. The molecule has 3 aromatic carbocycles. The fourth-order valence-electron chi connectivity index (χ4n) is 4.45. The molecule has 0 saturated carbocycles. The van der Waals surface area contributed by atoms with E-state index in [1.165, 1.54) is 6.42 Å². The minimum Gasteiger partial charge on any atom is -0.475 e. The third kappa shape index (κ3) is 8.54. The minimum absolute atomic E-state index is 0.0359. The van der Waals surface area contributed by atoms with Gasteiger partial charge in [0.1, 0.15) is 0 Å². The summed E-state index contributed by atoms with van der Waals surface area (Å²) in [5, 5.41) is 15.5. The lowest BCUT2D eigenvalue weighted by atomic mass is 9.99. The first-order valence-electron chi connectivity index (χ1n) is 12.7. The smallest absolute Gasteiger partial charge is 0.475 e. The summed E-state index contributed by atoms with van der Waals surface area (Å²) in [6.07, 6.45) is -1.54. The number of anilines is 1. The van der Waals surface area contributed by atoms with E-state index in [9.17, 15) is 22.8 Å². The van der Waals surface area contributed by atoms with Gasteiger partial charge in [0.15, 0.2) is 0 Å². The number of aliphatic carboxylic acids is 1. The molecule has 1 fully saturated rings. The largest absolute Gasteiger partial charge is 0.490 e. The van der Waals surface area contributed by atoms with Crippen LogP contribution in [0.2, 0.25) is 0 Å². The van der Waals surface area contributed by atoms with E-state index in [1.54, 1.807) is 6.07 Å². The standard InChI is InChI=1S/C27H31N3O2.C2HF3O2/c1-19-13-14-22(29-26(31)18-30-15-6-3-7-16-30)17-25(19)27(32)28-20(2)23-12-8-10-21-9-4-5-11-24(21)23;3-2(4,5)1(6)7/h4-5,8-14,17,20H,3,6-7,15-16,18H2,1-2H3,(H,28,32)(H,29,31);(H,6,7)/t20-;/m1./s1. The maximum atomic E-state index is 13.1. The predicted molar refractivity (Wildman–Crippen MR) is 144 cm³/mol. The molecule has 1 heterocycles. The van der Waals surface area contributed by atoms with Crippen molar-refractivity contribution in [3.63, 3.8) is 0 Å². The zero-order valence-corrected chi connectivity index (χ0v) is 21.8. The molecule has 0 unspecified atom stereocenters. The molecule has 1 saturated heterocycles. The molecule has 1 aliphatic heterocycles. The Hall–Kier alpha value is -3.92. The van der Waals surface area contributed by atoms with Gasteiger partial charge in [-0.15, -0.1) is 0 Å². The topological polar surface area (TPSA) is 98.7 Å². The van der Waals surface area contributed by atoms with Crippen molar-refractivity contribution in [2.24, 2.45) is 0 Å². The molecule has 10 heteroatoms. The van der Waals surface area contributed by atoms with Crippen molar-refractivity contribution in [3.8, 4) is 0 Å². The molecule has 3 aromatic rings. The van der Waals surface area contributed by atoms with Crippen molar-refractivity contribution >= 4 is 34.2 Å². The molecule has 0 aromatic heterocycles. The number of amides is 2. The van der Waals surface area contributed by atoms with Crippen molar-refractivity contribution in [2.45, 2.75) is 45.3 Å². The van der Waals surface area contributed by atoms with Crippen LogP contribution < -0.4 is 10.6 Å². The van der Waals surface area contributed by atoms with Gasteiger partial charge in [-0.05, 0) is 73.8 Å². The summed E-state index contributed by atoms with van der Waals surface area (Å²) in [6.45, 7) is 6.26. The first kappa shape index (κ1) is 29.6. The van der Waals surface area contributed by atoms with Gasteiger partial charge in [0.2, 0.25) is 5.91 Å². The average Bonchev–Trinajstić information content (AvgIpc) is 2.89. The number of hydrogen-bond donors (Lipinski definition) is 3. The Morgan fingerprint density at radius 3 is 2.28 bits per heavy atom. The van der Waals surface area contributed by atoms with Crippen LogP contribution in [0, 0.1) is 6.92 Å². The van der Waals surface area contributed by atoms with Crippen molar-refractivity contribution < 1.29 is 32.7 Å². The third-order valence-electron chi connectivity index (χ3n) is 6.46. The highest BCUT2D eigenvalue weighted by Gasteiger charge is 2.38. The van der Waals surface area contributed by atoms with Crippen LogP contribution in [0.5, 0.6) is 0 Å². The Bertz CT molecular complexity index is 1320. The Morgan fingerprint density at radius 2 is 1.62 bits per heavy atom. The first-order valence-corrected chi connectivity index (χ1v) is 12.7. The summed E-state index contributed by atoms with van der Waals surface area (Å²) in [7, 11) is 0. The Kier molecular flexibility index (Phi) is 10.1. The molecule has 0 spiro atoms. The van der Waals surface area contributed by atoms with Gasteiger partial charge in [-0.3, -0.25) is 14.5 Å². The highest BCUT2D eigenvalue weighted by atomic mass is 19.4. The number of aryl methyl sites for hydroxylation is 1. The zero-order valence-electron chi connectivity index (χ0n) is 21.8. The molecule has 3 N–H and O–H groups in total. The fourth-order valence-corrected chi connectivity index (χ4v) is 4.45. The van der Waals surface area contributed by atoms with Crippen molar-refractivity contribution in [3.05, 3.63) is 77.4 Å². The summed E-state index contributed by atoms with van der Waals surface area (Å²) < 4.78 is 31.7. The fraction of sp³-hybridized carbons (Fsp3) is 0.345. The lowest BCUT2D eigenvalue weighted by molar-refractivity contribution is -0.192. The van der Waals surface area contributed by atoms with E-state index < -0.39 is 12.1 Å². The van der Waals surface area contributed by atoms with Crippen LogP contribution in [0.3, 0.4) is 0 Å². The number of carboxylic acids is 1. The maximum Gasteiger partial charge on any atom is 0.490 e. The highest BCUT2D eigenvalue weighted by Crippen LogP contribution is 2.25. The molecule has 7 nitrogen and oxygen atoms in total. The SMILES string of the molecule is Cc1ccc(NC(=O)CN2CCCCC2)cc1C(=O)N[C@H](C)c1cccc2ccccc12.O=C(O)C(F)(F)F. The van der Waals surface area contributed by atoms with Crippen molar-refractivity contribution in [2.75, 3.05) is 25.0 Å².